The minimum atomic E-state index is -1.29. The van der Waals surface area contributed by atoms with Crippen molar-refractivity contribution in [1.29, 1.82) is 0 Å². The molecular formula is C25H19ClN2O6. The van der Waals surface area contributed by atoms with Crippen LogP contribution in [0.15, 0.2) is 66.7 Å². The van der Waals surface area contributed by atoms with E-state index in [1.165, 1.54) is 38.4 Å². The SMILES string of the molecule is COc1ccc(NC(=O)C(OC(=O)c2ccc3c(c2)C(=O)N(C)C3=O)c2ccccc2)cc1Cl. The first-order chi connectivity index (χ1) is 16.3. The summed E-state index contributed by atoms with van der Waals surface area (Å²) in [5.74, 6) is -1.94. The van der Waals surface area contributed by atoms with Crippen molar-refractivity contribution in [3.8, 4) is 5.75 Å². The number of halogens is 1. The minimum absolute atomic E-state index is 0.0384. The number of carbonyl (C=O) groups excluding carboxylic acids is 4. The lowest BCUT2D eigenvalue weighted by Gasteiger charge is -2.18. The zero-order chi connectivity index (χ0) is 24.4. The van der Waals surface area contributed by atoms with Gasteiger partial charge in [-0.05, 0) is 36.4 Å². The van der Waals surface area contributed by atoms with Crippen LogP contribution >= 0.6 is 11.6 Å². The normalized spacial score (nSPS) is 13.3. The summed E-state index contributed by atoms with van der Waals surface area (Å²) < 4.78 is 10.7. The molecule has 0 aliphatic carbocycles. The summed E-state index contributed by atoms with van der Waals surface area (Å²) >= 11 is 6.14. The van der Waals surface area contributed by atoms with Crippen LogP contribution in [0.3, 0.4) is 0 Å². The smallest absolute Gasteiger partial charge is 0.339 e. The number of anilines is 1. The third-order valence-corrected chi connectivity index (χ3v) is 5.61. The Labute approximate surface area is 200 Å². The van der Waals surface area contributed by atoms with Crippen LogP contribution in [-0.2, 0) is 9.53 Å². The number of fused-ring (bicyclic) bond motifs is 1. The molecule has 0 spiro atoms. The highest BCUT2D eigenvalue weighted by atomic mass is 35.5. The summed E-state index contributed by atoms with van der Waals surface area (Å²) in [6.45, 7) is 0. The molecule has 1 atom stereocenters. The first-order valence-electron chi connectivity index (χ1n) is 10.2. The summed E-state index contributed by atoms with van der Waals surface area (Å²) in [5, 5.41) is 2.99. The van der Waals surface area contributed by atoms with Crippen LogP contribution in [0.25, 0.3) is 0 Å². The highest BCUT2D eigenvalue weighted by molar-refractivity contribution is 6.32. The van der Waals surface area contributed by atoms with Crippen LogP contribution in [0.5, 0.6) is 5.75 Å². The van der Waals surface area contributed by atoms with Crippen molar-refractivity contribution in [2.75, 3.05) is 19.5 Å². The number of nitrogens with zero attached hydrogens (tertiary/aromatic N) is 1. The molecule has 0 fully saturated rings. The molecule has 1 aliphatic rings. The molecular weight excluding hydrogens is 460 g/mol. The van der Waals surface area contributed by atoms with Gasteiger partial charge in [-0.1, -0.05) is 41.9 Å². The average molecular weight is 479 g/mol. The quantitative estimate of drug-likeness (QED) is 0.422. The fraction of sp³-hybridized carbons (Fsp3) is 0.120. The van der Waals surface area contributed by atoms with Crippen molar-refractivity contribution in [2.24, 2.45) is 0 Å². The number of rotatable bonds is 6. The molecule has 1 unspecified atom stereocenters. The molecule has 8 nitrogen and oxygen atoms in total. The largest absolute Gasteiger partial charge is 0.495 e. The number of nitrogens with one attached hydrogen (secondary N) is 1. The van der Waals surface area contributed by atoms with E-state index in [2.05, 4.69) is 5.32 Å². The Kier molecular flexibility index (Phi) is 6.34. The van der Waals surface area contributed by atoms with E-state index >= 15 is 0 Å². The van der Waals surface area contributed by atoms with Gasteiger partial charge in [-0.3, -0.25) is 19.3 Å². The van der Waals surface area contributed by atoms with Crippen molar-refractivity contribution >= 4 is 41.0 Å². The maximum Gasteiger partial charge on any atom is 0.339 e. The van der Waals surface area contributed by atoms with E-state index < -0.39 is 29.8 Å². The first-order valence-corrected chi connectivity index (χ1v) is 10.5. The fourth-order valence-electron chi connectivity index (χ4n) is 3.52. The lowest BCUT2D eigenvalue weighted by molar-refractivity contribution is -0.125. The van der Waals surface area contributed by atoms with Gasteiger partial charge in [0.05, 0.1) is 28.8 Å². The molecule has 3 aromatic rings. The molecule has 0 radical (unpaired) electrons. The Balaban J connectivity index is 1.60. The number of amides is 3. The summed E-state index contributed by atoms with van der Waals surface area (Å²) in [5.41, 5.74) is 1.18. The molecule has 3 aromatic carbocycles. The number of carbonyl (C=O) groups is 4. The van der Waals surface area contributed by atoms with E-state index in [4.69, 9.17) is 21.1 Å². The molecule has 0 bridgehead atoms. The van der Waals surface area contributed by atoms with Crippen molar-refractivity contribution in [3.05, 3.63) is 94.0 Å². The molecule has 0 saturated heterocycles. The second-order valence-electron chi connectivity index (χ2n) is 7.46. The summed E-state index contributed by atoms with van der Waals surface area (Å²) in [6.07, 6.45) is -1.29. The zero-order valence-corrected chi connectivity index (χ0v) is 19.0. The van der Waals surface area contributed by atoms with E-state index in [0.29, 0.717) is 22.0 Å². The second kappa shape index (κ2) is 9.36. The van der Waals surface area contributed by atoms with Crippen LogP contribution in [-0.4, -0.2) is 42.7 Å². The van der Waals surface area contributed by atoms with Crippen LogP contribution in [0.4, 0.5) is 5.69 Å². The van der Waals surface area contributed by atoms with Crippen molar-refractivity contribution in [2.45, 2.75) is 6.10 Å². The van der Waals surface area contributed by atoms with Gasteiger partial charge >= 0.3 is 5.97 Å². The Morgan fingerprint density at radius 1 is 0.941 bits per heavy atom. The van der Waals surface area contributed by atoms with Gasteiger partial charge in [0, 0.05) is 18.3 Å². The predicted molar refractivity (Wildman–Crippen MR) is 124 cm³/mol. The van der Waals surface area contributed by atoms with Crippen LogP contribution < -0.4 is 10.1 Å². The summed E-state index contributed by atoms with van der Waals surface area (Å²) in [6, 6.07) is 17.3. The number of methoxy groups -OCH3 is 1. The van der Waals surface area contributed by atoms with E-state index in [1.54, 1.807) is 42.5 Å². The maximum absolute atomic E-state index is 13.1. The van der Waals surface area contributed by atoms with Gasteiger partial charge in [-0.2, -0.15) is 0 Å². The van der Waals surface area contributed by atoms with Crippen molar-refractivity contribution < 1.29 is 28.7 Å². The van der Waals surface area contributed by atoms with Gasteiger partial charge in [-0.25, -0.2) is 4.79 Å². The molecule has 1 N–H and O–H groups in total. The number of imide groups is 1. The van der Waals surface area contributed by atoms with E-state index in [-0.39, 0.29) is 16.7 Å². The molecule has 0 saturated carbocycles. The van der Waals surface area contributed by atoms with E-state index in [0.717, 1.165) is 4.90 Å². The summed E-state index contributed by atoms with van der Waals surface area (Å²) in [4.78, 5) is 51.4. The van der Waals surface area contributed by atoms with Crippen LogP contribution in [0.1, 0.15) is 42.7 Å². The number of ether oxygens (including phenoxy) is 2. The first kappa shape index (κ1) is 23.0. The average Bonchev–Trinajstić information content (AvgIpc) is 3.06. The topological polar surface area (TPSA) is 102 Å². The molecule has 34 heavy (non-hydrogen) atoms. The summed E-state index contributed by atoms with van der Waals surface area (Å²) in [7, 11) is 2.84. The molecule has 9 heteroatoms. The van der Waals surface area contributed by atoms with Gasteiger partial charge in [0.15, 0.2) is 0 Å². The second-order valence-corrected chi connectivity index (χ2v) is 7.87. The van der Waals surface area contributed by atoms with E-state index in [1.807, 2.05) is 0 Å². The molecule has 4 rings (SSSR count). The van der Waals surface area contributed by atoms with E-state index in [9.17, 15) is 19.2 Å². The van der Waals surface area contributed by atoms with Gasteiger partial charge in [0.25, 0.3) is 17.7 Å². The molecule has 1 aliphatic heterocycles. The Morgan fingerprint density at radius 3 is 2.32 bits per heavy atom. The number of hydrogen-bond donors (Lipinski definition) is 1. The predicted octanol–water partition coefficient (Wildman–Crippen LogP) is 4.11. The van der Waals surface area contributed by atoms with Gasteiger partial charge in [0.1, 0.15) is 5.75 Å². The van der Waals surface area contributed by atoms with Crippen molar-refractivity contribution in [1.82, 2.24) is 4.90 Å². The van der Waals surface area contributed by atoms with Crippen LogP contribution in [0.2, 0.25) is 5.02 Å². The zero-order valence-electron chi connectivity index (χ0n) is 18.2. The number of benzene rings is 3. The molecule has 1 heterocycles. The lowest BCUT2D eigenvalue weighted by Crippen LogP contribution is -2.26. The van der Waals surface area contributed by atoms with Crippen LogP contribution in [0, 0.1) is 0 Å². The maximum atomic E-state index is 13.1. The number of hydrogen-bond acceptors (Lipinski definition) is 6. The highest BCUT2D eigenvalue weighted by Gasteiger charge is 2.34. The number of esters is 1. The molecule has 172 valence electrons. The van der Waals surface area contributed by atoms with Crippen molar-refractivity contribution in [3.63, 3.8) is 0 Å². The van der Waals surface area contributed by atoms with Gasteiger partial charge < -0.3 is 14.8 Å². The van der Waals surface area contributed by atoms with Gasteiger partial charge in [0.2, 0.25) is 6.10 Å². The third-order valence-electron chi connectivity index (χ3n) is 5.31. The highest BCUT2D eigenvalue weighted by Crippen LogP contribution is 2.29. The Hall–Kier alpha value is -4.17. The fourth-order valence-corrected chi connectivity index (χ4v) is 3.77. The standard InChI is InChI=1S/C25H19ClN2O6/c1-28-23(30)17-10-8-15(12-18(17)24(28)31)25(32)34-21(14-6-4-3-5-7-14)22(29)27-16-9-11-20(33-2)19(26)13-16/h3-13,21H,1-2H3,(H,27,29). The lowest BCUT2D eigenvalue weighted by atomic mass is 10.1. The third kappa shape index (κ3) is 4.35. The Morgan fingerprint density at radius 2 is 1.65 bits per heavy atom. The molecule has 0 aromatic heterocycles. The molecule has 3 amide bonds. The van der Waals surface area contributed by atoms with Gasteiger partial charge in [-0.15, -0.1) is 0 Å². The minimum Gasteiger partial charge on any atom is -0.495 e. The Bertz CT molecular complexity index is 1310. The monoisotopic (exact) mass is 478 g/mol.